The Balaban J connectivity index is 1.51. The maximum absolute atomic E-state index is 13.4. The number of aromatic nitrogens is 1. The molecular weight excluding hydrogens is 437 g/mol. The van der Waals surface area contributed by atoms with Crippen LogP contribution in [0, 0.1) is 5.41 Å². The van der Waals surface area contributed by atoms with Crippen molar-refractivity contribution in [2.45, 2.75) is 42.7 Å². The van der Waals surface area contributed by atoms with Gasteiger partial charge in [0.15, 0.2) is 0 Å². The highest BCUT2D eigenvalue weighted by Crippen LogP contribution is 2.77. The van der Waals surface area contributed by atoms with Gasteiger partial charge in [-0.1, -0.05) is 11.6 Å². The predicted octanol–water partition coefficient (Wildman–Crippen LogP) is 3.56. The second-order valence-corrected chi connectivity index (χ2v) is 8.67. The maximum Gasteiger partial charge on any atom is 0.416 e. The highest BCUT2D eigenvalue weighted by molar-refractivity contribution is 6.31. The molecule has 5 rings (SSSR count). The summed E-state index contributed by atoms with van der Waals surface area (Å²) >= 11 is 5.85. The first-order valence-electron chi connectivity index (χ1n) is 9.65. The predicted molar refractivity (Wildman–Crippen MR) is 104 cm³/mol. The summed E-state index contributed by atoms with van der Waals surface area (Å²) in [7, 11) is 1.47. The van der Waals surface area contributed by atoms with Gasteiger partial charge in [0.25, 0.3) is 0 Å². The fraction of sp³-hybridized carbons (Fsp3) is 0.429. The summed E-state index contributed by atoms with van der Waals surface area (Å²) < 4.78 is 50.6. The van der Waals surface area contributed by atoms with E-state index in [1.807, 2.05) is 0 Å². The third-order valence-corrected chi connectivity index (χ3v) is 6.95. The van der Waals surface area contributed by atoms with Crippen LogP contribution >= 0.6 is 11.6 Å². The molecule has 2 saturated heterocycles. The number of anilines is 1. The Bertz CT molecular complexity index is 1080. The van der Waals surface area contributed by atoms with Crippen molar-refractivity contribution in [1.29, 1.82) is 0 Å². The zero-order chi connectivity index (χ0) is 22.2. The molecule has 1 aliphatic carbocycles. The van der Waals surface area contributed by atoms with Gasteiger partial charge >= 0.3 is 6.18 Å². The number of ether oxygens (including phenoxy) is 2. The van der Waals surface area contributed by atoms with Crippen LogP contribution in [0.5, 0.6) is 5.88 Å². The van der Waals surface area contributed by atoms with Crippen molar-refractivity contribution >= 4 is 23.2 Å². The quantitative estimate of drug-likeness (QED) is 0.738. The molecule has 3 fully saturated rings. The van der Waals surface area contributed by atoms with Gasteiger partial charge in [0.2, 0.25) is 11.8 Å². The van der Waals surface area contributed by atoms with Crippen LogP contribution in [0.3, 0.4) is 0 Å². The lowest BCUT2D eigenvalue weighted by atomic mass is 9.74. The molecule has 6 nitrogen and oxygen atoms in total. The van der Waals surface area contributed by atoms with Gasteiger partial charge in [-0.2, -0.15) is 13.2 Å². The molecule has 3 heterocycles. The zero-order valence-electron chi connectivity index (χ0n) is 16.2. The van der Waals surface area contributed by atoms with E-state index in [2.05, 4.69) is 10.3 Å². The lowest BCUT2D eigenvalue weighted by Crippen LogP contribution is -2.44. The molecule has 164 valence electrons. The summed E-state index contributed by atoms with van der Waals surface area (Å²) in [6.07, 6.45) is -4.25. The second kappa shape index (κ2) is 6.57. The van der Waals surface area contributed by atoms with E-state index >= 15 is 0 Å². The summed E-state index contributed by atoms with van der Waals surface area (Å²) in [6.45, 7) is 0. The van der Waals surface area contributed by atoms with Crippen LogP contribution in [0.4, 0.5) is 18.9 Å². The number of carbonyl (C=O) groups excluding carboxylic acids is 1. The number of nitrogens with zero attached hydrogens (tertiary/aromatic N) is 1. The molecule has 10 heteroatoms. The number of halogens is 4. The topological polar surface area (TPSA) is 80.7 Å². The van der Waals surface area contributed by atoms with Gasteiger partial charge in [-0.25, -0.2) is 4.98 Å². The summed E-state index contributed by atoms with van der Waals surface area (Å²) in [6, 6.07) is 6.37. The molecule has 2 aromatic rings. The highest BCUT2D eigenvalue weighted by Gasteiger charge is 2.87. The molecule has 2 bridgehead atoms. The Kier molecular flexibility index (Phi) is 4.35. The molecule has 1 amide bonds. The number of amides is 1. The third kappa shape index (κ3) is 2.79. The monoisotopic (exact) mass is 454 g/mol. The van der Waals surface area contributed by atoms with E-state index in [0.29, 0.717) is 12.3 Å². The molecule has 1 aromatic heterocycles. The van der Waals surface area contributed by atoms with E-state index in [9.17, 15) is 23.1 Å². The summed E-state index contributed by atoms with van der Waals surface area (Å²) in [5.74, 6) is -0.104. The third-order valence-electron chi connectivity index (χ3n) is 6.73. The van der Waals surface area contributed by atoms with Gasteiger partial charge in [-0.3, -0.25) is 4.79 Å². The fourth-order valence-electron chi connectivity index (χ4n) is 5.40. The Hall–Kier alpha value is -2.36. The molecule has 3 aliphatic rings. The first kappa shape index (κ1) is 20.5. The van der Waals surface area contributed by atoms with Gasteiger partial charge in [0.1, 0.15) is 0 Å². The number of benzene rings is 1. The van der Waals surface area contributed by atoms with Crippen molar-refractivity contribution in [1.82, 2.24) is 4.98 Å². The minimum absolute atomic E-state index is 0.0457. The Morgan fingerprint density at radius 3 is 2.84 bits per heavy atom. The van der Waals surface area contributed by atoms with Crippen molar-refractivity contribution in [2.24, 2.45) is 5.41 Å². The smallest absolute Gasteiger partial charge is 0.416 e. The average Bonchev–Trinajstić information content (AvgIpc) is 3.20. The first-order valence-corrected chi connectivity index (χ1v) is 10.0. The molecular formula is C21H18ClF3N2O4. The number of methoxy groups -OCH3 is 1. The standard InChI is InChI=1S/C21H18ClF3N2O4/c1-30-16-6-10(2-3-26-16)19-9-20(19,15-8-14(28)17(19)31-15)18(29)27-13-5-11(21(23,24)25)4-12(22)7-13/h2-7,14-15,17,28H,8-9H2,1H3,(H,27,29)/t14-,15+,17-,19+,20+/m0/s1. The fourth-order valence-corrected chi connectivity index (χ4v) is 5.63. The van der Waals surface area contributed by atoms with Gasteiger partial charge < -0.3 is 19.9 Å². The maximum atomic E-state index is 13.4. The molecule has 0 unspecified atom stereocenters. The van der Waals surface area contributed by atoms with Crippen molar-refractivity contribution in [3.05, 3.63) is 52.7 Å². The van der Waals surface area contributed by atoms with Crippen molar-refractivity contribution in [2.75, 3.05) is 12.4 Å². The van der Waals surface area contributed by atoms with E-state index in [4.69, 9.17) is 21.1 Å². The van der Waals surface area contributed by atoms with E-state index in [1.165, 1.54) is 13.2 Å². The van der Waals surface area contributed by atoms with Crippen LogP contribution in [0.2, 0.25) is 5.02 Å². The lowest BCUT2D eigenvalue weighted by molar-refractivity contribution is -0.137. The number of hydrogen-bond acceptors (Lipinski definition) is 5. The number of fused-ring (bicyclic) bond motifs is 5. The van der Waals surface area contributed by atoms with E-state index in [-0.39, 0.29) is 17.1 Å². The van der Waals surface area contributed by atoms with Crippen LogP contribution in [0.25, 0.3) is 0 Å². The lowest BCUT2D eigenvalue weighted by Gasteiger charge is -2.29. The summed E-state index contributed by atoms with van der Waals surface area (Å²) in [5, 5.41) is 12.9. The van der Waals surface area contributed by atoms with Gasteiger partial charge in [-0.15, -0.1) is 0 Å². The summed E-state index contributed by atoms with van der Waals surface area (Å²) in [5.41, 5.74) is -2.07. The number of hydrogen-bond donors (Lipinski definition) is 2. The zero-order valence-corrected chi connectivity index (χ0v) is 17.0. The minimum Gasteiger partial charge on any atom is -0.481 e. The molecule has 1 saturated carbocycles. The molecule has 2 aliphatic heterocycles. The van der Waals surface area contributed by atoms with Crippen LogP contribution in [-0.2, 0) is 21.1 Å². The van der Waals surface area contributed by atoms with Crippen molar-refractivity contribution in [3.63, 3.8) is 0 Å². The van der Waals surface area contributed by atoms with Crippen LogP contribution < -0.4 is 10.1 Å². The van der Waals surface area contributed by atoms with Crippen LogP contribution in [0.1, 0.15) is 24.0 Å². The first-order chi connectivity index (χ1) is 14.6. The number of nitrogens with one attached hydrogen (secondary N) is 1. The van der Waals surface area contributed by atoms with Crippen molar-refractivity contribution < 1.29 is 32.5 Å². The Morgan fingerprint density at radius 1 is 1.35 bits per heavy atom. The number of alkyl halides is 3. The molecule has 0 radical (unpaired) electrons. The number of aliphatic hydroxyl groups is 1. The Morgan fingerprint density at radius 2 is 2.13 bits per heavy atom. The molecule has 5 atom stereocenters. The van der Waals surface area contributed by atoms with Crippen LogP contribution in [-0.4, -0.2) is 41.4 Å². The van der Waals surface area contributed by atoms with Crippen molar-refractivity contribution in [3.8, 4) is 5.88 Å². The summed E-state index contributed by atoms with van der Waals surface area (Å²) in [4.78, 5) is 17.5. The molecule has 2 N–H and O–H groups in total. The number of carbonyl (C=O) groups is 1. The second-order valence-electron chi connectivity index (χ2n) is 8.24. The number of rotatable bonds is 4. The highest BCUT2D eigenvalue weighted by atomic mass is 35.5. The van der Waals surface area contributed by atoms with E-state index in [1.54, 1.807) is 18.3 Å². The van der Waals surface area contributed by atoms with E-state index < -0.39 is 46.8 Å². The van der Waals surface area contributed by atoms with Gasteiger partial charge in [0, 0.05) is 34.8 Å². The number of pyridine rings is 1. The number of aliphatic hydroxyl groups excluding tert-OH is 1. The molecule has 31 heavy (non-hydrogen) atoms. The minimum atomic E-state index is -4.60. The molecule has 0 spiro atoms. The SMILES string of the molecule is COc1cc([C@@]23C[C@]2(C(=O)Nc2cc(Cl)cc(C(F)(F)F)c2)[C@H]2C[C@H](O)[C@@H]3O2)ccn1. The largest absolute Gasteiger partial charge is 0.481 e. The van der Waals surface area contributed by atoms with Gasteiger partial charge in [0.05, 0.1) is 36.4 Å². The average molecular weight is 455 g/mol. The Labute approximate surface area is 180 Å². The molecule has 1 aromatic carbocycles. The van der Waals surface area contributed by atoms with Crippen LogP contribution in [0.15, 0.2) is 36.5 Å². The van der Waals surface area contributed by atoms with Gasteiger partial charge in [-0.05, 0) is 36.2 Å². The normalized spacial score (nSPS) is 33.2. The van der Waals surface area contributed by atoms with E-state index in [0.717, 1.165) is 17.7 Å².